The lowest BCUT2D eigenvalue weighted by Crippen LogP contribution is -2.32. The van der Waals surface area contributed by atoms with Crippen molar-refractivity contribution in [2.75, 3.05) is 29.9 Å². The molecular weight excluding hydrogens is 404 g/mol. The minimum Gasteiger partial charge on any atom is -0.404 e. The van der Waals surface area contributed by atoms with Gasteiger partial charge in [-0.3, -0.25) is 14.8 Å². The number of carbonyl (C=O) groups excluding carboxylic acids is 1. The van der Waals surface area contributed by atoms with E-state index in [0.717, 1.165) is 16.8 Å². The number of hydrogen-bond acceptors (Lipinski definition) is 6. The number of hydrogen-bond donors (Lipinski definition) is 1. The van der Waals surface area contributed by atoms with Crippen molar-refractivity contribution in [2.24, 2.45) is 10.7 Å². The first kappa shape index (κ1) is 21.2. The van der Waals surface area contributed by atoms with Crippen molar-refractivity contribution in [3.05, 3.63) is 60.6 Å². The number of nitrogens with zero attached hydrogens (tertiary/aromatic N) is 7. The molecule has 0 aliphatic carbocycles. The van der Waals surface area contributed by atoms with Crippen LogP contribution in [0.1, 0.15) is 25.5 Å². The minimum atomic E-state index is -0.125. The molecule has 9 nitrogen and oxygen atoms in total. The topological polar surface area (TPSA) is 106 Å². The second-order valence-corrected chi connectivity index (χ2v) is 7.68. The van der Waals surface area contributed by atoms with Crippen molar-refractivity contribution in [3.8, 4) is 11.5 Å². The third kappa shape index (κ3) is 3.96. The zero-order chi connectivity index (χ0) is 22.7. The van der Waals surface area contributed by atoms with Crippen molar-refractivity contribution in [2.45, 2.75) is 19.9 Å². The highest BCUT2D eigenvalue weighted by molar-refractivity contribution is 6.10. The third-order valence-corrected chi connectivity index (χ3v) is 5.32. The number of urea groups is 1. The molecule has 2 aromatic heterocycles. The number of amides is 2. The van der Waals surface area contributed by atoms with Crippen LogP contribution in [0.4, 0.5) is 16.3 Å². The van der Waals surface area contributed by atoms with Crippen molar-refractivity contribution in [3.63, 3.8) is 0 Å². The van der Waals surface area contributed by atoms with E-state index in [9.17, 15) is 4.79 Å². The SMILES string of the molecule is CN=C/C(=C\N)c1cccc(N2CCN(c3cccc(-c4nncn4C(C)C)n3)C2=O)c1. The van der Waals surface area contributed by atoms with Gasteiger partial charge in [-0.05, 0) is 43.7 Å². The molecule has 0 atom stereocenters. The highest BCUT2D eigenvalue weighted by Crippen LogP contribution is 2.28. The van der Waals surface area contributed by atoms with E-state index < -0.39 is 0 Å². The fourth-order valence-corrected chi connectivity index (χ4v) is 3.70. The summed E-state index contributed by atoms with van der Waals surface area (Å²) in [7, 11) is 1.69. The summed E-state index contributed by atoms with van der Waals surface area (Å²) in [5, 5.41) is 8.23. The first-order valence-electron chi connectivity index (χ1n) is 10.4. The molecule has 164 valence electrons. The normalized spacial score (nSPS) is 14.9. The molecular formula is C23H26N8O. The number of pyridine rings is 1. The van der Waals surface area contributed by atoms with Gasteiger partial charge >= 0.3 is 6.03 Å². The molecule has 2 N–H and O–H groups in total. The van der Waals surface area contributed by atoms with E-state index >= 15 is 0 Å². The number of anilines is 2. The second kappa shape index (κ2) is 9.01. The lowest BCUT2D eigenvalue weighted by Gasteiger charge is -2.19. The van der Waals surface area contributed by atoms with E-state index in [4.69, 9.17) is 10.7 Å². The van der Waals surface area contributed by atoms with Crippen molar-refractivity contribution in [1.29, 1.82) is 0 Å². The molecule has 0 unspecified atom stereocenters. The van der Waals surface area contributed by atoms with Crippen LogP contribution in [-0.2, 0) is 0 Å². The van der Waals surface area contributed by atoms with E-state index in [1.165, 1.54) is 6.20 Å². The van der Waals surface area contributed by atoms with Gasteiger partial charge in [-0.1, -0.05) is 18.2 Å². The van der Waals surface area contributed by atoms with Gasteiger partial charge in [-0.15, -0.1) is 10.2 Å². The zero-order valence-electron chi connectivity index (χ0n) is 18.4. The van der Waals surface area contributed by atoms with Gasteiger partial charge in [0.1, 0.15) is 17.8 Å². The first-order valence-corrected chi connectivity index (χ1v) is 10.4. The Morgan fingerprint density at radius 3 is 2.69 bits per heavy atom. The number of aliphatic imine (C=N–C) groups is 1. The molecule has 32 heavy (non-hydrogen) atoms. The molecule has 1 aliphatic heterocycles. The van der Waals surface area contributed by atoms with Crippen LogP contribution in [0.2, 0.25) is 0 Å². The fraction of sp³-hybridized carbons (Fsp3) is 0.261. The molecule has 0 radical (unpaired) electrons. The van der Waals surface area contributed by atoms with Crippen LogP contribution < -0.4 is 15.5 Å². The van der Waals surface area contributed by atoms with Crippen LogP contribution in [0.5, 0.6) is 0 Å². The summed E-state index contributed by atoms with van der Waals surface area (Å²) < 4.78 is 1.96. The largest absolute Gasteiger partial charge is 0.404 e. The third-order valence-electron chi connectivity index (χ3n) is 5.32. The Hall–Kier alpha value is -4.01. The van der Waals surface area contributed by atoms with E-state index in [1.807, 2.05) is 47.0 Å². The summed E-state index contributed by atoms with van der Waals surface area (Å²) >= 11 is 0. The monoisotopic (exact) mass is 430 g/mol. The van der Waals surface area contributed by atoms with Crippen molar-refractivity contribution >= 4 is 29.3 Å². The van der Waals surface area contributed by atoms with Gasteiger partial charge in [-0.2, -0.15) is 0 Å². The molecule has 0 bridgehead atoms. The molecule has 1 saturated heterocycles. The van der Waals surface area contributed by atoms with Gasteiger partial charge in [0.15, 0.2) is 5.82 Å². The van der Waals surface area contributed by atoms with Gasteiger partial charge in [-0.25, -0.2) is 9.78 Å². The molecule has 0 spiro atoms. The Labute approximate surface area is 186 Å². The summed E-state index contributed by atoms with van der Waals surface area (Å²) in [5.74, 6) is 1.27. The zero-order valence-corrected chi connectivity index (χ0v) is 18.4. The number of nitrogens with two attached hydrogens (primary N) is 1. The number of aromatic nitrogens is 4. The standard InChI is InChI=1S/C23H26N8O/c1-16(2)31-15-26-28-22(31)20-8-5-9-21(27-20)30-11-10-29(23(30)32)19-7-4-6-17(12-19)18(13-24)14-25-3/h4-9,12-16H,10-11,24H2,1-3H3/b18-13+,25-14?. The Kier molecular flexibility index (Phi) is 5.98. The number of rotatable bonds is 6. The van der Waals surface area contributed by atoms with Crippen LogP contribution in [-0.4, -0.2) is 52.1 Å². The fourth-order valence-electron chi connectivity index (χ4n) is 3.70. The Bertz CT molecular complexity index is 1180. The molecule has 4 rings (SSSR count). The molecule has 1 aliphatic rings. The molecule has 1 fully saturated rings. The molecule has 3 heterocycles. The van der Waals surface area contributed by atoms with Crippen molar-refractivity contribution in [1.82, 2.24) is 19.7 Å². The molecule has 0 saturated carbocycles. The lowest BCUT2D eigenvalue weighted by molar-refractivity contribution is 0.255. The Morgan fingerprint density at radius 1 is 1.16 bits per heavy atom. The quantitative estimate of drug-likeness (QED) is 0.604. The molecule has 3 aromatic rings. The maximum absolute atomic E-state index is 13.3. The summed E-state index contributed by atoms with van der Waals surface area (Å²) in [6, 6.07) is 13.4. The summed E-state index contributed by atoms with van der Waals surface area (Å²) in [4.78, 5) is 25.4. The number of allylic oxidation sites excluding steroid dienone is 1. The summed E-state index contributed by atoms with van der Waals surface area (Å²) in [5.41, 5.74) is 8.91. The van der Waals surface area contributed by atoms with E-state index in [-0.39, 0.29) is 12.1 Å². The first-order chi connectivity index (χ1) is 15.5. The van der Waals surface area contributed by atoms with Crippen molar-refractivity contribution < 1.29 is 4.79 Å². The van der Waals surface area contributed by atoms with Crippen LogP contribution in [0.3, 0.4) is 0 Å². The lowest BCUT2D eigenvalue weighted by atomic mass is 10.1. The maximum atomic E-state index is 13.3. The van der Waals surface area contributed by atoms with E-state index in [2.05, 4.69) is 29.0 Å². The predicted octanol–water partition coefficient (Wildman–Crippen LogP) is 3.37. The van der Waals surface area contributed by atoms with Gasteiger partial charge in [0, 0.05) is 49.9 Å². The van der Waals surface area contributed by atoms with Gasteiger partial charge in [0.2, 0.25) is 0 Å². The van der Waals surface area contributed by atoms with Gasteiger partial charge in [0.05, 0.1) is 0 Å². The molecule has 1 aromatic carbocycles. The average molecular weight is 431 g/mol. The Morgan fingerprint density at radius 2 is 1.94 bits per heavy atom. The number of benzene rings is 1. The van der Waals surface area contributed by atoms with Gasteiger partial charge < -0.3 is 10.3 Å². The maximum Gasteiger partial charge on any atom is 0.330 e. The predicted molar refractivity (Wildman–Crippen MR) is 127 cm³/mol. The highest BCUT2D eigenvalue weighted by atomic mass is 16.2. The average Bonchev–Trinajstić information content (AvgIpc) is 3.45. The molecule has 9 heteroatoms. The summed E-state index contributed by atoms with van der Waals surface area (Å²) in [6.45, 7) is 5.21. The van der Waals surface area contributed by atoms with E-state index in [0.29, 0.717) is 30.4 Å². The van der Waals surface area contributed by atoms with E-state index in [1.54, 1.807) is 29.4 Å². The van der Waals surface area contributed by atoms with Crippen LogP contribution in [0, 0.1) is 0 Å². The number of carbonyl (C=O) groups is 1. The van der Waals surface area contributed by atoms with Gasteiger partial charge in [0.25, 0.3) is 0 Å². The van der Waals surface area contributed by atoms with Crippen LogP contribution in [0.15, 0.2) is 60.0 Å². The smallest absolute Gasteiger partial charge is 0.330 e. The van der Waals surface area contributed by atoms with Crippen LogP contribution >= 0.6 is 0 Å². The highest BCUT2D eigenvalue weighted by Gasteiger charge is 2.32. The Balaban J connectivity index is 1.60. The molecule has 2 amide bonds. The van der Waals surface area contributed by atoms with Crippen LogP contribution in [0.25, 0.3) is 17.1 Å². The second-order valence-electron chi connectivity index (χ2n) is 7.68. The summed E-state index contributed by atoms with van der Waals surface area (Å²) in [6.07, 6.45) is 4.90. The minimum absolute atomic E-state index is 0.125.